The lowest BCUT2D eigenvalue weighted by molar-refractivity contribution is 0.103. The third kappa shape index (κ3) is 14.7. The number of hydrogen-bond acceptors (Lipinski definition) is 13. The van der Waals surface area contributed by atoms with Gasteiger partial charge in [-0.1, -0.05) is 196 Å². The molecule has 10 nitrogen and oxygen atoms in total. The maximum Gasteiger partial charge on any atom is 0.194 e. The molecule has 103 heavy (non-hydrogen) atoms. The van der Waals surface area contributed by atoms with Crippen LogP contribution in [0.4, 0.5) is 17.6 Å². The molecule has 0 radical (unpaired) electrons. The largest absolute Gasteiger partial charge is 0.337 e. The SMILES string of the molecule is CCCCCCCCCCCc1c(C=C2C(=O)c3cc(F)c(F)cc3C2=C(C#N)C#N)sc2c1sc1c3c4nsnc4c4c5sc6c(CCCCCCCCCCC)c(C=C7C(=O)c8cc(F)c(F)cc8C7=C(C#N)C#N)sc6c5n(CCC(CC)CCCC)c4c3n(CCC(CC)CCCC)c21. The van der Waals surface area contributed by atoms with E-state index in [-0.39, 0.29) is 55.7 Å². The van der Waals surface area contributed by atoms with E-state index in [4.69, 9.17) is 8.75 Å². The van der Waals surface area contributed by atoms with Crippen molar-refractivity contribution in [3.63, 3.8) is 0 Å². The number of halogens is 4. The minimum Gasteiger partial charge on any atom is -0.337 e. The molecule has 0 amide bonds. The zero-order valence-electron chi connectivity index (χ0n) is 60.2. The second kappa shape index (κ2) is 34.1. The van der Waals surface area contributed by atoms with Gasteiger partial charge < -0.3 is 9.13 Å². The van der Waals surface area contributed by atoms with Gasteiger partial charge in [-0.2, -0.15) is 29.8 Å². The maximum atomic E-state index is 15.3. The molecule has 2 aliphatic rings. The number of Topliss-reactive ketones (excluding diaryl/α,β-unsaturated/α-hetero) is 2. The van der Waals surface area contributed by atoms with Gasteiger partial charge in [0.1, 0.15) is 46.5 Å². The van der Waals surface area contributed by atoms with E-state index in [9.17, 15) is 30.6 Å². The highest BCUT2D eigenvalue weighted by Crippen LogP contribution is 2.56. The van der Waals surface area contributed by atoms with Gasteiger partial charge >= 0.3 is 0 Å². The molecule has 0 bridgehead atoms. The fraction of sp³-hybridized carbons (Fsp3) is 0.476. The van der Waals surface area contributed by atoms with E-state index in [0.29, 0.717) is 37.8 Å². The minimum absolute atomic E-state index is 0.00657. The van der Waals surface area contributed by atoms with Crippen molar-refractivity contribution < 1.29 is 27.2 Å². The van der Waals surface area contributed by atoms with Crippen molar-refractivity contribution in [3.05, 3.63) is 113 Å². The molecular formula is C84H90F4N8O2S5. The molecule has 536 valence electrons. The van der Waals surface area contributed by atoms with Crippen LogP contribution in [0.3, 0.4) is 0 Å². The van der Waals surface area contributed by atoms with Gasteiger partial charge in [-0.15, -0.1) is 45.3 Å². The molecule has 2 atom stereocenters. The summed E-state index contributed by atoms with van der Waals surface area (Å²) in [6.45, 7) is 14.9. The van der Waals surface area contributed by atoms with Crippen molar-refractivity contribution in [1.29, 1.82) is 21.0 Å². The van der Waals surface area contributed by atoms with Gasteiger partial charge in [0.2, 0.25) is 0 Å². The van der Waals surface area contributed by atoms with E-state index in [1.165, 1.54) is 75.9 Å². The number of rotatable bonds is 36. The number of carbonyl (C=O) groups excluding carboxylic acids is 2. The van der Waals surface area contributed by atoms with Gasteiger partial charge in [0.05, 0.1) is 62.0 Å². The van der Waals surface area contributed by atoms with E-state index < -0.39 is 34.8 Å². The van der Waals surface area contributed by atoms with Crippen molar-refractivity contribution in [2.75, 3.05) is 0 Å². The monoisotopic (exact) mass is 1480 g/mol. The number of aryl methyl sites for hydroxylation is 4. The van der Waals surface area contributed by atoms with Crippen LogP contribution in [0.1, 0.15) is 274 Å². The van der Waals surface area contributed by atoms with Crippen molar-refractivity contribution in [2.45, 2.75) is 247 Å². The summed E-state index contributed by atoms with van der Waals surface area (Å²) in [5, 5.41) is 43.9. The van der Waals surface area contributed by atoms with Crippen LogP contribution >= 0.6 is 57.1 Å². The lowest BCUT2D eigenvalue weighted by Crippen LogP contribution is -2.08. The Morgan fingerprint density at radius 2 is 0.767 bits per heavy atom. The molecule has 2 aliphatic carbocycles. The summed E-state index contributed by atoms with van der Waals surface area (Å²) in [6.07, 6.45) is 35.7. The number of unbranched alkanes of at least 4 members (excludes halogenated alkanes) is 18. The number of aromatic nitrogens is 4. The Hall–Kier alpha value is -7.62. The number of carbonyl (C=O) groups is 2. The highest BCUT2D eigenvalue weighted by molar-refractivity contribution is 7.34. The summed E-state index contributed by atoms with van der Waals surface area (Å²) >= 11 is 7.89. The summed E-state index contributed by atoms with van der Waals surface area (Å²) in [4.78, 5) is 31.1. The molecule has 7 aromatic heterocycles. The highest BCUT2D eigenvalue weighted by Gasteiger charge is 2.38. The van der Waals surface area contributed by atoms with Crippen LogP contribution in [0.5, 0.6) is 0 Å². The van der Waals surface area contributed by atoms with Gasteiger partial charge in [-0.25, -0.2) is 17.6 Å². The second-order valence-electron chi connectivity index (χ2n) is 28.4. The summed E-state index contributed by atoms with van der Waals surface area (Å²) < 4.78 is 83.1. The molecule has 10 aromatic rings. The van der Waals surface area contributed by atoms with Crippen molar-refractivity contribution >= 4 is 164 Å². The summed E-state index contributed by atoms with van der Waals surface area (Å²) in [5.74, 6) is -5.01. The molecular weight excluding hydrogens is 1390 g/mol. The highest BCUT2D eigenvalue weighted by atomic mass is 32.1. The van der Waals surface area contributed by atoms with E-state index in [1.807, 2.05) is 24.3 Å². The number of nitrogens with zero attached hydrogens (tertiary/aromatic N) is 8. The van der Waals surface area contributed by atoms with Gasteiger partial charge in [0.25, 0.3) is 0 Å². The van der Waals surface area contributed by atoms with Crippen LogP contribution in [0.2, 0.25) is 0 Å². The lowest BCUT2D eigenvalue weighted by Gasteiger charge is -2.18. The number of ketones is 2. The number of fused-ring (bicyclic) bond motifs is 16. The van der Waals surface area contributed by atoms with Gasteiger partial charge in [0, 0.05) is 67.0 Å². The number of benzene rings is 3. The van der Waals surface area contributed by atoms with Crippen LogP contribution in [0, 0.1) is 80.4 Å². The van der Waals surface area contributed by atoms with Gasteiger partial charge in [0.15, 0.2) is 34.8 Å². The summed E-state index contributed by atoms with van der Waals surface area (Å²) in [6, 6.07) is 11.5. The van der Waals surface area contributed by atoms with E-state index >= 15 is 17.6 Å². The minimum atomic E-state index is -1.19. The fourth-order valence-corrected chi connectivity index (χ4v) is 22.6. The lowest BCUT2D eigenvalue weighted by atomic mass is 9.96. The van der Waals surface area contributed by atoms with Crippen LogP contribution in [0.25, 0.3) is 95.4 Å². The normalized spacial score (nSPS) is 14.5. The zero-order chi connectivity index (χ0) is 72.6. The molecule has 7 heterocycles. The summed E-state index contributed by atoms with van der Waals surface area (Å²) in [5.41, 5.74) is 7.38. The first-order valence-corrected chi connectivity index (χ1v) is 41.9. The van der Waals surface area contributed by atoms with Crippen molar-refractivity contribution in [2.24, 2.45) is 11.8 Å². The Morgan fingerprint density at radius 3 is 1.11 bits per heavy atom. The number of hydrogen-bond donors (Lipinski definition) is 0. The van der Waals surface area contributed by atoms with Crippen LogP contribution in [-0.4, -0.2) is 29.4 Å². The molecule has 0 aliphatic heterocycles. The Bertz CT molecular complexity index is 4870. The summed E-state index contributed by atoms with van der Waals surface area (Å²) in [7, 11) is 0. The molecule has 0 saturated heterocycles. The first-order chi connectivity index (χ1) is 50.2. The van der Waals surface area contributed by atoms with Crippen molar-refractivity contribution in [3.8, 4) is 24.3 Å². The van der Waals surface area contributed by atoms with Crippen molar-refractivity contribution in [1.82, 2.24) is 17.9 Å². The maximum absolute atomic E-state index is 15.3. The molecule has 0 spiro atoms. The average molecular weight is 1480 g/mol. The predicted molar refractivity (Wildman–Crippen MR) is 421 cm³/mol. The third-order valence-corrected chi connectivity index (χ3v) is 27.5. The van der Waals surface area contributed by atoms with Gasteiger partial charge in [-0.3, -0.25) is 9.59 Å². The average Bonchev–Trinajstić information content (AvgIpc) is 1.51. The number of thiophene rings is 4. The quantitative estimate of drug-likeness (QED) is 0.0162. The smallest absolute Gasteiger partial charge is 0.194 e. The fourth-order valence-electron chi connectivity index (χ4n) is 16.1. The molecule has 3 aromatic carbocycles. The first-order valence-electron chi connectivity index (χ1n) is 37.9. The third-order valence-electron chi connectivity index (χ3n) is 21.8. The first kappa shape index (κ1) is 75.1. The van der Waals surface area contributed by atoms with Crippen LogP contribution in [-0.2, 0) is 25.9 Å². The predicted octanol–water partition coefficient (Wildman–Crippen LogP) is 26.5. The zero-order valence-corrected chi connectivity index (χ0v) is 64.3. The number of allylic oxidation sites excluding steroid dienone is 6. The molecule has 0 N–H and O–H groups in total. The van der Waals surface area contributed by atoms with Gasteiger partial charge in [-0.05, 0) is 109 Å². The Kier molecular flexibility index (Phi) is 24.8. The standard InChI is InChI=1S/C84H90F4N8O2S5/c1-7-13-17-19-21-23-25-27-29-33-53-65(43-59-67(51(45-89)46-90)55-39-61(85)63(87)41-57(55)77(59)97)99-83-75-81(101-79(53)83)69-71-72(94-103-93-71)70-74(73(69)95(75)37-35-49(11-5)31-15-9-3)96(38-36-50(12-6)32-16-10-4)76-82(70)102-80-54(34-30-28-26-24-22-20-18-14-8-2)66(100-84(76)80)44-60-68(52(47-91)48-92)56-40-62(86)64(88)42-58(56)78(60)98/h39-44,49-50H,7-38H2,1-6H3. The van der Waals surface area contributed by atoms with E-state index in [0.717, 1.165) is 233 Å². The molecule has 2 unspecified atom stereocenters. The Labute approximate surface area is 622 Å². The molecule has 12 rings (SSSR count). The molecule has 19 heteroatoms. The van der Waals surface area contributed by atoms with Crippen LogP contribution < -0.4 is 0 Å². The molecule has 0 fully saturated rings. The Morgan fingerprint density at radius 1 is 0.427 bits per heavy atom. The van der Waals surface area contributed by atoms with E-state index in [2.05, 4.69) is 50.7 Å². The second-order valence-corrected chi connectivity index (χ2v) is 33.1. The van der Waals surface area contributed by atoms with E-state index in [1.54, 1.807) is 57.5 Å². The topological polar surface area (TPSA) is 165 Å². The Balaban J connectivity index is 1.13. The molecule has 0 saturated carbocycles. The van der Waals surface area contributed by atoms with Crippen LogP contribution in [0.15, 0.2) is 46.6 Å². The number of nitriles is 4.